The van der Waals surface area contributed by atoms with Crippen LogP contribution in [0.2, 0.25) is 0 Å². The Balaban J connectivity index is 1.67. The predicted octanol–water partition coefficient (Wildman–Crippen LogP) is 5.61. The molecule has 0 aliphatic rings. The average Bonchev–Trinajstić information content (AvgIpc) is 2.65. The molecule has 0 fully saturated rings. The molecule has 0 spiro atoms. The molecule has 0 bridgehead atoms. The van der Waals surface area contributed by atoms with Gasteiger partial charge in [-0.3, -0.25) is 4.79 Å². The molecule has 126 valence electrons. The lowest BCUT2D eigenvalue weighted by Gasteiger charge is -2.14. The van der Waals surface area contributed by atoms with Crippen molar-refractivity contribution in [3.8, 4) is 11.5 Å². The molecule has 0 aromatic heterocycles. The molecule has 0 radical (unpaired) electrons. The highest BCUT2D eigenvalue weighted by atomic mass is 16.5. The number of ether oxygens (including phenoxy) is 1. The number of benzene rings is 3. The fraction of sp³-hybridized carbons (Fsp3) is 0.136. The molecule has 0 saturated heterocycles. The van der Waals surface area contributed by atoms with Crippen molar-refractivity contribution in [3.05, 3.63) is 90.5 Å². The summed E-state index contributed by atoms with van der Waals surface area (Å²) < 4.78 is 5.89. The number of hydrogen-bond donors (Lipinski definition) is 1. The van der Waals surface area contributed by atoms with Crippen LogP contribution in [0.25, 0.3) is 0 Å². The molecule has 1 atom stereocenters. The van der Waals surface area contributed by atoms with Crippen LogP contribution in [0.15, 0.2) is 84.9 Å². The van der Waals surface area contributed by atoms with Gasteiger partial charge in [-0.25, -0.2) is 0 Å². The SMILES string of the molecule is C[C@H](CC(=O)Nc1ccccc1Oc1ccccc1)c1ccccc1. The van der Waals surface area contributed by atoms with Crippen LogP contribution in [-0.4, -0.2) is 5.91 Å². The smallest absolute Gasteiger partial charge is 0.225 e. The largest absolute Gasteiger partial charge is 0.455 e. The first-order valence-electron chi connectivity index (χ1n) is 8.39. The van der Waals surface area contributed by atoms with Crippen molar-refractivity contribution >= 4 is 11.6 Å². The zero-order valence-corrected chi connectivity index (χ0v) is 14.2. The van der Waals surface area contributed by atoms with E-state index in [0.717, 1.165) is 11.3 Å². The summed E-state index contributed by atoms with van der Waals surface area (Å²) in [6, 6.07) is 27.1. The van der Waals surface area contributed by atoms with Gasteiger partial charge in [0.15, 0.2) is 5.75 Å². The second-order valence-electron chi connectivity index (χ2n) is 5.98. The standard InChI is InChI=1S/C22H21NO2/c1-17(18-10-4-2-5-11-18)16-22(24)23-20-14-8-9-15-21(20)25-19-12-6-3-7-13-19/h2-15,17H,16H2,1H3,(H,23,24)/t17-/m1/s1. The quantitative estimate of drug-likeness (QED) is 0.637. The summed E-state index contributed by atoms with van der Waals surface area (Å²) in [5.74, 6) is 1.50. The molecule has 3 aromatic rings. The van der Waals surface area contributed by atoms with E-state index in [-0.39, 0.29) is 11.8 Å². The van der Waals surface area contributed by atoms with Crippen LogP contribution in [-0.2, 0) is 4.79 Å². The van der Waals surface area contributed by atoms with Crippen LogP contribution < -0.4 is 10.1 Å². The molecule has 1 N–H and O–H groups in total. The number of anilines is 1. The average molecular weight is 331 g/mol. The summed E-state index contributed by atoms with van der Waals surface area (Å²) in [6.07, 6.45) is 0.420. The molecule has 0 unspecified atom stereocenters. The maximum atomic E-state index is 12.4. The zero-order chi connectivity index (χ0) is 17.5. The van der Waals surface area contributed by atoms with Crippen molar-refractivity contribution in [2.24, 2.45) is 0 Å². The Kier molecular flexibility index (Phi) is 5.47. The van der Waals surface area contributed by atoms with Gasteiger partial charge in [-0.05, 0) is 35.7 Å². The van der Waals surface area contributed by atoms with E-state index in [1.165, 1.54) is 0 Å². The first-order valence-corrected chi connectivity index (χ1v) is 8.39. The van der Waals surface area contributed by atoms with Gasteiger partial charge in [0, 0.05) is 6.42 Å². The highest BCUT2D eigenvalue weighted by Gasteiger charge is 2.13. The molecule has 0 aliphatic heterocycles. The molecule has 3 rings (SSSR count). The Morgan fingerprint density at radius 3 is 2.20 bits per heavy atom. The van der Waals surface area contributed by atoms with Gasteiger partial charge < -0.3 is 10.1 Å². The zero-order valence-electron chi connectivity index (χ0n) is 14.2. The van der Waals surface area contributed by atoms with Gasteiger partial charge in [-0.2, -0.15) is 0 Å². The molecule has 0 saturated carbocycles. The molecule has 0 heterocycles. The number of carbonyl (C=O) groups is 1. The van der Waals surface area contributed by atoms with E-state index in [9.17, 15) is 4.79 Å². The lowest BCUT2D eigenvalue weighted by atomic mass is 9.97. The number of carbonyl (C=O) groups excluding carboxylic acids is 1. The van der Waals surface area contributed by atoms with Crippen molar-refractivity contribution in [2.45, 2.75) is 19.3 Å². The molecule has 3 aromatic carbocycles. The minimum absolute atomic E-state index is 0.0273. The van der Waals surface area contributed by atoms with Crippen molar-refractivity contribution in [1.82, 2.24) is 0 Å². The Morgan fingerprint density at radius 2 is 1.48 bits per heavy atom. The van der Waals surface area contributed by atoms with Gasteiger partial charge in [0.25, 0.3) is 0 Å². The minimum Gasteiger partial charge on any atom is -0.455 e. The van der Waals surface area contributed by atoms with E-state index in [1.807, 2.05) is 84.9 Å². The van der Waals surface area contributed by atoms with Gasteiger partial charge in [-0.1, -0.05) is 67.6 Å². The summed E-state index contributed by atoms with van der Waals surface area (Å²) in [5.41, 5.74) is 1.84. The maximum Gasteiger partial charge on any atom is 0.225 e. The maximum absolute atomic E-state index is 12.4. The fourth-order valence-electron chi connectivity index (χ4n) is 2.65. The molecular weight excluding hydrogens is 310 g/mol. The summed E-state index contributed by atoms with van der Waals surface area (Å²) in [5, 5.41) is 2.97. The lowest BCUT2D eigenvalue weighted by molar-refractivity contribution is -0.116. The third-order valence-electron chi connectivity index (χ3n) is 3.99. The highest BCUT2D eigenvalue weighted by molar-refractivity contribution is 5.92. The number of hydrogen-bond acceptors (Lipinski definition) is 2. The predicted molar refractivity (Wildman–Crippen MR) is 101 cm³/mol. The number of amides is 1. The van der Waals surface area contributed by atoms with E-state index in [1.54, 1.807) is 0 Å². The van der Waals surface area contributed by atoms with Crippen molar-refractivity contribution in [1.29, 1.82) is 0 Å². The number of para-hydroxylation sites is 3. The van der Waals surface area contributed by atoms with E-state index in [4.69, 9.17) is 4.74 Å². The van der Waals surface area contributed by atoms with Crippen molar-refractivity contribution in [2.75, 3.05) is 5.32 Å². The van der Waals surface area contributed by atoms with Crippen molar-refractivity contribution < 1.29 is 9.53 Å². The minimum atomic E-state index is -0.0273. The summed E-state index contributed by atoms with van der Waals surface area (Å²) >= 11 is 0. The van der Waals surface area contributed by atoms with E-state index in [0.29, 0.717) is 17.9 Å². The van der Waals surface area contributed by atoms with Crippen LogP contribution in [0, 0.1) is 0 Å². The number of nitrogens with one attached hydrogen (secondary N) is 1. The molecule has 1 amide bonds. The normalized spacial score (nSPS) is 11.6. The Bertz CT molecular complexity index is 816. The van der Waals surface area contributed by atoms with Gasteiger partial charge >= 0.3 is 0 Å². The highest BCUT2D eigenvalue weighted by Crippen LogP contribution is 2.29. The van der Waals surface area contributed by atoms with Crippen LogP contribution in [0.3, 0.4) is 0 Å². The third kappa shape index (κ3) is 4.70. The summed E-state index contributed by atoms with van der Waals surface area (Å²) in [7, 11) is 0. The molecule has 3 nitrogen and oxygen atoms in total. The Labute approximate surface area is 148 Å². The topological polar surface area (TPSA) is 38.3 Å². The van der Waals surface area contributed by atoms with Crippen LogP contribution in [0.1, 0.15) is 24.8 Å². The monoisotopic (exact) mass is 331 g/mol. The summed E-state index contributed by atoms with van der Waals surface area (Å²) in [4.78, 5) is 12.4. The van der Waals surface area contributed by atoms with E-state index < -0.39 is 0 Å². The van der Waals surface area contributed by atoms with E-state index >= 15 is 0 Å². The van der Waals surface area contributed by atoms with E-state index in [2.05, 4.69) is 12.2 Å². The second kappa shape index (κ2) is 8.15. The van der Waals surface area contributed by atoms with Gasteiger partial charge in [0.05, 0.1) is 5.69 Å². The van der Waals surface area contributed by atoms with Crippen molar-refractivity contribution in [3.63, 3.8) is 0 Å². The van der Waals surface area contributed by atoms with Gasteiger partial charge in [0.2, 0.25) is 5.91 Å². The Morgan fingerprint density at radius 1 is 0.880 bits per heavy atom. The number of rotatable bonds is 6. The Hall–Kier alpha value is -3.07. The fourth-order valence-corrected chi connectivity index (χ4v) is 2.65. The van der Waals surface area contributed by atoms with Crippen LogP contribution in [0.5, 0.6) is 11.5 Å². The van der Waals surface area contributed by atoms with Gasteiger partial charge in [0.1, 0.15) is 5.75 Å². The van der Waals surface area contributed by atoms with Crippen LogP contribution in [0.4, 0.5) is 5.69 Å². The third-order valence-corrected chi connectivity index (χ3v) is 3.99. The summed E-state index contributed by atoms with van der Waals surface area (Å²) in [6.45, 7) is 2.06. The van der Waals surface area contributed by atoms with Gasteiger partial charge in [-0.15, -0.1) is 0 Å². The van der Waals surface area contributed by atoms with Crippen LogP contribution >= 0.6 is 0 Å². The first-order chi connectivity index (χ1) is 12.2. The molecule has 3 heteroatoms. The molecule has 25 heavy (non-hydrogen) atoms. The lowest BCUT2D eigenvalue weighted by Crippen LogP contribution is -2.14. The molecular formula is C22H21NO2. The second-order valence-corrected chi connectivity index (χ2v) is 5.98. The first kappa shape index (κ1) is 16.8. The molecule has 0 aliphatic carbocycles.